The van der Waals surface area contributed by atoms with Gasteiger partial charge in [-0.3, -0.25) is 9.59 Å². The summed E-state index contributed by atoms with van der Waals surface area (Å²) in [6.07, 6.45) is -3.39. The fourth-order valence-corrected chi connectivity index (χ4v) is 4.39. The third-order valence-electron chi connectivity index (χ3n) is 4.31. The highest BCUT2D eigenvalue weighted by Crippen LogP contribution is 2.23. The van der Waals surface area contributed by atoms with Gasteiger partial charge in [0, 0.05) is 18.7 Å². The standard InChI is InChI=1S/C18H18F3N3O5S/c19-18(20,21)12-23(10-14-4-2-8-29-14)17(26)13-3-1-5-15(9-13)30(27,28)24-7-6-22-16(25)11-24/h1-5,8-9H,6-7,10-12H2,(H,22,25). The van der Waals surface area contributed by atoms with E-state index in [-0.39, 0.29) is 35.9 Å². The molecule has 1 aliphatic heterocycles. The van der Waals surface area contributed by atoms with Crippen LogP contribution in [0.2, 0.25) is 0 Å². The van der Waals surface area contributed by atoms with Crippen LogP contribution in [0.3, 0.4) is 0 Å². The van der Waals surface area contributed by atoms with Gasteiger partial charge in [-0.2, -0.15) is 17.5 Å². The van der Waals surface area contributed by atoms with E-state index in [0.29, 0.717) is 4.90 Å². The minimum atomic E-state index is -4.66. The average molecular weight is 445 g/mol. The van der Waals surface area contributed by atoms with E-state index in [1.54, 1.807) is 0 Å². The molecule has 0 bridgehead atoms. The smallest absolute Gasteiger partial charge is 0.406 e. The summed E-state index contributed by atoms with van der Waals surface area (Å²) in [5.41, 5.74) is -0.228. The summed E-state index contributed by atoms with van der Waals surface area (Å²) in [5.74, 6) is -1.32. The van der Waals surface area contributed by atoms with E-state index in [4.69, 9.17) is 4.42 Å². The molecule has 2 amide bonds. The van der Waals surface area contributed by atoms with Gasteiger partial charge in [-0.1, -0.05) is 6.07 Å². The molecule has 0 spiro atoms. The molecule has 2 aromatic rings. The number of furan rings is 1. The van der Waals surface area contributed by atoms with Crippen molar-refractivity contribution in [3.63, 3.8) is 0 Å². The number of rotatable bonds is 6. The van der Waals surface area contributed by atoms with E-state index in [1.165, 1.54) is 36.6 Å². The second-order valence-electron chi connectivity index (χ2n) is 6.57. The van der Waals surface area contributed by atoms with Gasteiger partial charge in [0.05, 0.1) is 24.2 Å². The van der Waals surface area contributed by atoms with Gasteiger partial charge < -0.3 is 14.6 Å². The van der Waals surface area contributed by atoms with Crippen molar-refractivity contribution in [1.82, 2.24) is 14.5 Å². The normalized spacial score (nSPS) is 15.6. The molecule has 162 valence electrons. The average Bonchev–Trinajstić information content (AvgIpc) is 3.19. The zero-order valence-electron chi connectivity index (χ0n) is 15.6. The van der Waals surface area contributed by atoms with Gasteiger partial charge in [0.2, 0.25) is 15.9 Å². The molecule has 1 aromatic heterocycles. The molecule has 0 aliphatic carbocycles. The summed E-state index contributed by atoms with van der Waals surface area (Å²) in [6.45, 7) is -2.16. The first-order valence-electron chi connectivity index (χ1n) is 8.81. The number of halogens is 3. The van der Waals surface area contributed by atoms with E-state index in [1.807, 2.05) is 0 Å². The van der Waals surface area contributed by atoms with Gasteiger partial charge in [-0.05, 0) is 30.3 Å². The van der Waals surface area contributed by atoms with E-state index in [9.17, 15) is 31.2 Å². The van der Waals surface area contributed by atoms with Gasteiger partial charge in [0.25, 0.3) is 5.91 Å². The quantitative estimate of drug-likeness (QED) is 0.728. The van der Waals surface area contributed by atoms with E-state index in [0.717, 1.165) is 10.4 Å². The third kappa shape index (κ3) is 5.19. The Morgan fingerprint density at radius 3 is 2.63 bits per heavy atom. The molecule has 12 heteroatoms. The van der Waals surface area contributed by atoms with Crippen molar-refractivity contribution >= 4 is 21.8 Å². The maximum Gasteiger partial charge on any atom is 0.406 e. The van der Waals surface area contributed by atoms with Gasteiger partial charge in [0.1, 0.15) is 12.3 Å². The minimum absolute atomic E-state index is 0.0466. The van der Waals surface area contributed by atoms with Crippen LogP contribution < -0.4 is 5.32 Å². The fraction of sp³-hybridized carbons (Fsp3) is 0.333. The largest absolute Gasteiger partial charge is 0.467 e. The Morgan fingerprint density at radius 1 is 1.23 bits per heavy atom. The van der Waals surface area contributed by atoms with Crippen LogP contribution in [0, 0.1) is 0 Å². The molecule has 0 radical (unpaired) electrons. The summed E-state index contributed by atoms with van der Waals surface area (Å²) in [4.78, 5) is 24.5. The summed E-state index contributed by atoms with van der Waals surface area (Å²) in [5, 5.41) is 2.50. The zero-order valence-corrected chi connectivity index (χ0v) is 16.4. The summed E-state index contributed by atoms with van der Waals surface area (Å²) < 4.78 is 70.5. The number of alkyl halides is 3. The van der Waals surface area contributed by atoms with Gasteiger partial charge >= 0.3 is 6.18 Å². The second kappa shape index (κ2) is 8.48. The van der Waals surface area contributed by atoms with Crippen LogP contribution in [0.1, 0.15) is 16.1 Å². The van der Waals surface area contributed by atoms with Crippen molar-refractivity contribution in [2.24, 2.45) is 0 Å². The second-order valence-corrected chi connectivity index (χ2v) is 8.51. The van der Waals surface area contributed by atoms with Crippen molar-refractivity contribution in [2.45, 2.75) is 17.6 Å². The lowest BCUT2D eigenvalue weighted by Gasteiger charge is -2.26. The minimum Gasteiger partial charge on any atom is -0.467 e. The van der Waals surface area contributed by atoms with Crippen molar-refractivity contribution in [2.75, 3.05) is 26.2 Å². The number of carbonyl (C=O) groups is 2. The van der Waals surface area contributed by atoms with Crippen LogP contribution in [-0.2, 0) is 21.4 Å². The van der Waals surface area contributed by atoms with Crippen LogP contribution in [0.15, 0.2) is 52.0 Å². The molecule has 2 heterocycles. The van der Waals surface area contributed by atoms with Crippen LogP contribution in [0.4, 0.5) is 13.2 Å². The van der Waals surface area contributed by atoms with Crippen molar-refractivity contribution in [1.29, 1.82) is 0 Å². The highest BCUT2D eigenvalue weighted by molar-refractivity contribution is 7.89. The van der Waals surface area contributed by atoms with Gasteiger partial charge in [-0.15, -0.1) is 0 Å². The molecule has 30 heavy (non-hydrogen) atoms. The number of nitrogens with zero attached hydrogens (tertiary/aromatic N) is 2. The number of amides is 2. The molecule has 1 fully saturated rings. The Hall–Kier alpha value is -2.86. The molecule has 8 nitrogen and oxygen atoms in total. The Bertz CT molecular complexity index is 1020. The molecular weight excluding hydrogens is 427 g/mol. The summed E-state index contributed by atoms with van der Waals surface area (Å²) in [7, 11) is -4.10. The SMILES string of the molecule is O=C1CN(S(=O)(=O)c2cccc(C(=O)N(Cc3ccco3)CC(F)(F)F)c2)CCN1. The third-order valence-corrected chi connectivity index (χ3v) is 6.15. The topological polar surface area (TPSA) is 99.9 Å². The Morgan fingerprint density at radius 2 is 2.00 bits per heavy atom. The zero-order chi connectivity index (χ0) is 21.9. The maximum atomic E-state index is 13.0. The number of hydrogen-bond donors (Lipinski definition) is 1. The van der Waals surface area contributed by atoms with Crippen molar-refractivity contribution in [3.8, 4) is 0 Å². The summed E-state index contributed by atoms with van der Waals surface area (Å²) >= 11 is 0. The molecular formula is C18H18F3N3O5S. The number of sulfonamides is 1. The van der Waals surface area contributed by atoms with Crippen LogP contribution in [0.25, 0.3) is 0 Å². The molecule has 3 rings (SSSR count). The first-order chi connectivity index (χ1) is 14.1. The highest BCUT2D eigenvalue weighted by Gasteiger charge is 2.35. The van der Waals surface area contributed by atoms with Crippen molar-refractivity contribution < 1.29 is 35.6 Å². The Labute approximate surface area is 170 Å². The van der Waals surface area contributed by atoms with Gasteiger partial charge in [-0.25, -0.2) is 8.42 Å². The first kappa shape index (κ1) is 21.8. The molecule has 0 saturated carbocycles. The lowest BCUT2D eigenvalue weighted by atomic mass is 10.2. The van der Waals surface area contributed by atoms with Gasteiger partial charge in [0.15, 0.2) is 0 Å². The predicted molar refractivity (Wildman–Crippen MR) is 97.7 cm³/mol. The molecule has 1 saturated heterocycles. The molecule has 1 aromatic carbocycles. The van der Waals surface area contributed by atoms with Crippen LogP contribution >= 0.6 is 0 Å². The number of piperazine rings is 1. The number of nitrogens with one attached hydrogen (secondary N) is 1. The van der Waals surface area contributed by atoms with E-state index < -0.39 is 41.1 Å². The number of benzene rings is 1. The molecule has 0 unspecified atom stereocenters. The van der Waals surface area contributed by atoms with Crippen molar-refractivity contribution in [3.05, 3.63) is 54.0 Å². The number of carbonyl (C=O) groups excluding carboxylic acids is 2. The lowest BCUT2D eigenvalue weighted by Crippen LogP contribution is -2.49. The lowest BCUT2D eigenvalue weighted by molar-refractivity contribution is -0.142. The predicted octanol–water partition coefficient (Wildman–Crippen LogP) is 1.60. The molecule has 1 N–H and O–H groups in total. The summed E-state index contributed by atoms with van der Waals surface area (Å²) in [6, 6.07) is 7.64. The van der Waals surface area contributed by atoms with E-state index in [2.05, 4.69) is 5.32 Å². The number of hydrogen-bond acceptors (Lipinski definition) is 5. The first-order valence-corrected chi connectivity index (χ1v) is 10.3. The highest BCUT2D eigenvalue weighted by atomic mass is 32.2. The Kier molecular flexibility index (Phi) is 6.17. The Balaban J connectivity index is 1.88. The van der Waals surface area contributed by atoms with E-state index >= 15 is 0 Å². The monoisotopic (exact) mass is 445 g/mol. The fourth-order valence-electron chi connectivity index (χ4n) is 2.95. The maximum absolute atomic E-state index is 13.0. The molecule has 0 atom stereocenters. The molecule has 1 aliphatic rings. The van der Waals surface area contributed by atoms with Crippen LogP contribution in [-0.4, -0.2) is 61.8 Å². The van der Waals surface area contributed by atoms with Crippen LogP contribution in [0.5, 0.6) is 0 Å².